The van der Waals surface area contributed by atoms with Gasteiger partial charge in [-0.3, -0.25) is 9.59 Å². The predicted octanol–water partition coefficient (Wildman–Crippen LogP) is 1.87. The maximum atomic E-state index is 13.1. The van der Waals surface area contributed by atoms with Crippen molar-refractivity contribution < 1.29 is 27.5 Å². The van der Waals surface area contributed by atoms with Crippen molar-refractivity contribution in [1.82, 2.24) is 14.5 Å². The lowest BCUT2D eigenvalue weighted by Crippen LogP contribution is -2.55. The van der Waals surface area contributed by atoms with Crippen molar-refractivity contribution in [2.75, 3.05) is 39.4 Å². The Balaban J connectivity index is 2.06. The van der Waals surface area contributed by atoms with Gasteiger partial charge in [0.2, 0.25) is 21.8 Å². The van der Waals surface area contributed by atoms with Gasteiger partial charge in [0.1, 0.15) is 6.04 Å². The minimum Gasteiger partial charge on any atom is -0.490 e. The van der Waals surface area contributed by atoms with Crippen LogP contribution in [0, 0.1) is 5.41 Å². The number of ether oxygens (including phenoxy) is 2. The zero-order valence-electron chi connectivity index (χ0n) is 19.8. The largest absolute Gasteiger partial charge is 0.490 e. The van der Waals surface area contributed by atoms with Gasteiger partial charge in [-0.15, -0.1) is 0 Å². The van der Waals surface area contributed by atoms with E-state index in [-0.39, 0.29) is 42.9 Å². The summed E-state index contributed by atoms with van der Waals surface area (Å²) in [6.07, 6.45) is 0. The van der Waals surface area contributed by atoms with Crippen molar-refractivity contribution >= 4 is 21.8 Å². The number of nitrogens with one attached hydrogen (secondary N) is 1. The molecule has 0 aliphatic carbocycles. The molecule has 0 bridgehead atoms. The van der Waals surface area contributed by atoms with E-state index in [0.29, 0.717) is 24.7 Å². The van der Waals surface area contributed by atoms with Gasteiger partial charge in [0.05, 0.1) is 18.1 Å². The lowest BCUT2D eigenvalue weighted by molar-refractivity contribution is -0.139. The second-order valence-electron chi connectivity index (χ2n) is 8.65. The zero-order chi connectivity index (χ0) is 24.1. The number of piperazine rings is 1. The van der Waals surface area contributed by atoms with Gasteiger partial charge in [-0.1, -0.05) is 20.8 Å². The smallest absolute Gasteiger partial charge is 0.244 e. The summed E-state index contributed by atoms with van der Waals surface area (Å²) in [6, 6.07) is 3.90. The predicted molar refractivity (Wildman–Crippen MR) is 121 cm³/mol. The molecule has 180 valence electrons. The van der Waals surface area contributed by atoms with Gasteiger partial charge in [0.15, 0.2) is 11.5 Å². The van der Waals surface area contributed by atoms with Gasteiger partial charge in [-0.25, -0.2) is 8.42 Å². The van der Waals surface area contributed by atoms with Crippen LogP contribution in [-0.2, 0) is 19.6 Å². The molecule has 1 N–H and O–H groups in total. The Labute approximate surface area is 191 Å². The van der Waals surface area contributed by atoms with E-state index in [1.807, 2.05) is 13.8 Å². The van der Waals surface area contributed by atoms with Gasteiger partial charge < -0.3 is 19.7 Å². The molecular weight excluding hydrogens is 434 g/mol. The molecule has 10 heteroatoms. The highest BCUT2D eigenvalue weighted by Crippen LogP contribution is 2.31. The summed E-state index contributed by atoms with van der Waals surface area (Å²) in [4.78, 5) is 26.6. The molecule has 0 unspecified atom stereocenters. The van der Waals surface area contributed by atoms with Crippen LogP contribution in [0.4, 0.5) is 0 Å². The average Bonchev–Trinajstić information content (AvgIpc) is 2.74. The highest BCUT2D eigenvalue weighted by molar-refractivity contribution is 7.89. The molecule has 0 spiro atoms. The van der Waals surface area contributed by atoms with Gasteiger partial charge in [-0.05, 0) is 32.9 Å². The maximum Gasteiger partial charge on any atom is 0.244 e. The minimum atomic E-state index is -3.75. The van der Waals surface area contributed by atoms with Gasteiger partial charge >= 0.3 is 0 Å². The Hall–Kier alpha value is -2.33. The Bertz CT molecular complexity index is 918. The Morgan fingerprint density at radius 1 is 1.03 bits per heavy atom. The first kappa shape index (κ1) is 25.9. The van der Waals surface area contributed by atoms with E-state index in [1.165, 1.54) is 16.4 Å². The van der Waals surface area contributed by atoms with Crippen molar-refractivity contribution in [2.45, 2.75) is 52.5 Å². The highest BCUT2D eigenvalue weighted by Gasteiger charge is 2.33. The highest BCUT2D eigenvalue weighted by atomic mass is 32.2. The number of benzene rings is 1. The molecule has 32 heavy (non-hydrogen) atoms. The fraction of sp³-hybridized carbons (Fsp3) is 0.636. The average molecular weight is 470 g/mol. The van der Waals surface area contributed by atoms with Crippen LogP contribution in [0.3, 0.4) is 0 Å². The molecule has 1 fully saturated rings. The van der Waals surface area contributed by atoms with Crippen LogP contribution in [0.2, 0.25) is 0 Å². The summed E-state index contributed by atoms with van der Waals surface area (Å²) < 4.78 is 38.7. The Morgan fingerprint density at radius 2 is 1.59 bits per heavy atom. The van der Waals surface area contributed by atoms with E-state index < -0.39 is 21.5 Å². The fourth-order valence-electron chi connectivity index (χ4n) is 3.24. The quantitative estimate of drug-likeness (QED) is 0.623. The van der Waals surface area contributed by atoms with Crippen molar-refractivity contribution in [1.29, 1.82) is 0 Å². The lowest BCUT2D eigenvalue weighted by Gasteiger charge is -2.35. The van der Waals surface area contributed by atoms with Crippen molar-refractivity contribution in [3.8, 4) is 11.5 Å². The minimum absolute atomic E-state index is 0.120. The first-order valence-electron chi connectivity index (χ1n) is 10.9. The first-order chi connectivity index (χ1) is 14.9. The van der Waals surface area contributed by atoms with Crippen LogP contribution >= 0.6 is 0 Å². The van der Waals surface area contributed by atoms with Crippen LogP contribution in [0.25, 0.3) is 0 Å². The standard InChI is InChI=1S/C22H35N3O6S/c1-7-30-18-10-9-17(15-19(18)31-8-2)32(28,29)25-13-11-24(12-14-25)20(26)16(3)23-21(27)22(4,5)6/h9-10,15-16H,7-8,11-14H2,1-6H3,(H,23,27)/t16-/m1/s1. The van der Waals surface area contributed by atoms with Crippen molar-refractivity contribution in [3.05, 3.63) is 18.2 Å². The van der Waals surface area contributed by atoms with E-state index in [4.69, 9.17) is 9.47 Å². The molecule has 1 atom stereocenters. The molecular formula is C22H35N3O6S. The summed E-state index contributed by atoms with van der Waals surface area (Å²) in [5.74, 6) is 0.446. The molecule has 2 amide bonds. The summed E-state index contributed by atoms with van der Waals surface area (Å²) in [5, 5.41) is 2.73. The number of rotatable bonds is 8. The third-order valence-corrected chi connectivity index (χ3v) is 7.00. The second kappa shape index (κ2) is 10.5. The molecule has 1 aliphatic heterocycles. The summed E-state index contributed by atoms with van der Waals surface area (Å²) in [7, 11) is -3.75. The molecule has 1 heterocycles. The van der Waals surface area contributed by atoms with Crippen LogP contribution in [0.5, 0.6) is 11.5 Å². The van der Waals surface area contributed by atoms with E-state index in [2.05, 4.69) is 5.32 Å². The summed E-state index contributed by atoms with van der Waals surface area (Å²) in [6.45, 7) is 12.3. The number of hydrogen-bond donors (Lipinski definition) is 1. The van der Waals surface area contributed by atoms with Crippen LogP contribution in [-0.4, -0.2) is 74.9 Å². The first-order valence-corrected chi connectivity index (χ1v) is 12.3. The fourth-order valence-corrected chi connectivity index (χ4v) is 4.68. The van der Waals surface area contributed by atoms with E-state index >= 15 is 0 Å². The van der Waals surface area contributed by atoms with E-state index in [9.17, 15) is 18.0 Å². The molecule has 0 aromatic heterocycles. The summed E-state index contributed by atoms with van der Waals surface area (Å²) >= 11 is 0. The molecule has 2 rings (SSSR count). The van der Waals surface area contributed by atoms with Crippen LogP contribution in [0.1, 0.15) is 41.5 Å². The molecule has 1 saturated heterocycles. The van der Waals surface area contributed by atoms with Crippen molar-refractivity contribution in [3.63, 3.8) is 0 Å². The molecule has 0 saturated carbocycles. The lowest BCUT2D eigenvalue weighted by atomic mass is 9.95. The number of carbonyl (C=O) groups is 2. The topological polar surface area (TPSA) is 105 Å². The molecule has 1 aliphatic rings. The van der Waals surface area contributed by atoms with Gasteiger partial charge in [0, 0.05) is 37.7 Å². The van der Waals surface area contributed by atoms with Crippen LogP contribution < -0.4 is 14.8 Å². The zero-order valence-corrected chi connectivity index (χ0v) is 20.6. The number of nitrogens with zero attached hydrogens (tertiary/aromatic N) is 2. The van der Waals surface area contributed by atoms with Crippen LogP contribution in [0.15, 0.2) is 23.1 Å². The second-order valence-corrected chi connectivity index (χ2v) is 10.6. The molecule has 0 radical (unpaired) electrons. The number of amides is 2. The normalized spacial score (nSPS) is 16.4. The number of hydrogen-bond acceptors (Lipinski definition) is 6. The maximum absolute atomic E-state index is 13.1. The third-order valence-electron chi connectivity index (χ3n) is 5.10. The Kier molecular flexibility index (Phi) is 8.53. The monoisotopic (exact) mass is 469 g/mol. The number of sulfonamides is 1. The van der Waals surface area contributed by atoms with Gasteiger partial charge in [0.25, 0.3) is 0 Å². The van der Waals surface area contributed by atoms with Crippen molar-refractivity contribution in [2.24, 2.45) is 5.41 Å². The van der Waals surface area contributed by atoms with E-state index in [0.717, 1.165) is 0 Å². The number of carbonyl (C=O) groups excluding carboxylic acids is 2. The molecule has 9 nitrogen and oxygen atoms in total. The van der Waals surface area contributed by atoms with Gasteiger partial charge in [-0.2, -0.15) is 4.31 Å². The summed E-state index contributed by atoms with van der Waals surface area (Å²) in [5.41, 5.74) is -0.598. The Morgan fingerprint density at radius 3 is 2.12 bits per heavy atom. The van der Waals surface area contributed by atoms with E-state index in [1.54, 1.807) is 38.7 Å². The SMILES string of the molecule is CCOc1ccc(S(=O)(=O)N2CCN(C(=O)[C@@H](C)NC(=O)C(C)(C)C)CC2)cc1OCC. The third kappa shape index (κ3) is 6.13. The molecule has 1 aromatic carbocycles. The molecule has 1 aromatic rings.